The summed E-state index contributed by atoms with van der Waals surface area (Å²) in [6.45, 7) is 2.67. The van der Waals surface area contributed by atoms with Crippen LogP contribution in [0.4, 0.5) is 0 Å². The van der Waals surface area contributed by atoms with E-state index < -0.39 is 90.0 Å². The number of amides is 3. The van der Waals surface area contributed by atoms with Crippen LogP contribution >= 0.6 is 0 Å². The van der Waals surface area contributed by atoms with Crippen LogP contribution in [-0.2, 0) is 42.9 Å². The van der Waals surface area contributed by atoms with Gasteiger partial charge >= 0.3 is 11.7 Å². The van der Waals surface area contributed by atoms with Crippen LogP contribution in [-0.4, -0.2) is 106 Å². The molecule has 1 aromatic rings. The molecule has 4 rings (SSSR count). The first-order chi connectivity index (χ1) is 26.9. The summed E-state index contributed by atoms with van der Waals surface area (Å²) in [6.07, 6.45) is 4.28. The highest BCUT2D eigenvalue weighted by atomic mass is 16.7. The molecular weight excluding hydrogens is 734 g/mol. The highest BCUT2D eigenvalue weighted by molar-refractivity contribution is 5.95. The number of primary amides is 1. The first-order valence-corrected chi connectivity index (χ1v) is 19.9. The van der Waals surface area contributed by atoms with E-state index in [1.165, 1.54) is 52.1 Å². The number of methoxy groups -OCH3 is 1. The number of aliphatic hydroxyl groups is 2. The Morgan fingerprint density at radius 1 is 0.982 bits per heavy atom. The minimum atomic E-state index is -1.88. The van der Waals surface area contributed by atoms with Crippen molar-refractivity contribution in [2.45, 2.75) is 165 Å². The molecule has 3 aliphatic rings. The van der Waals surface area contributed by atoms with Gasteiger partial charge in [0, 0.05) is 32.3 Å². The topological polar surface area (TPSA) is 260 Å². The predicted molar refractivity (Wildman–Crippen MR) is 199 cm³/mol. The summed E-state index contributed by atoms with van der Waals surface area (Å²) in [5.74, 6) is -3.55. The Kier molecular flexibility index (Phi) is 18.0. The van der Waals surface area contributed by atoms with Crippen LogP contribution in [0.5, 0.6) is 0 Å². The Morgan fingerprint density at radius 2 is 1.64 bits per heavy atom. The van der Waals surface area contributed by atoms with Crippen molar-refractivity contribution in [2.24, 2.45) is 5.73 Å². The normalized spacial score (nSPS) is 27.0. The minimum Gasteiger partial charge on any atom is -0.456 e. The Balaban J connectivity index is 1.42. The molecule has 0 spiro atoms. The van der Waals surface area contributed by atoms with E-state index >= 15 is 0 Å². The van der Waals surface area contributed by atoms with Gasteiger partial charge in [-0.1, -0.05) is 77.6 Å². The second kappa shape index (κ2) is 22.6. The number of nitrogens with zero attached hydrogens (tertiary/aromatic N) is 1. The summed E-state index contributed by atoms with van der Waals surface area (Å²) in [5, 5.41) is 26.6. The summed E-state index contributed by atoms with van der Waals surface area (Å²) < 4.78 is 29.9. The number of hydrogen-bond acceptors (Lipinski definition) is 13. The molecule has 18 nitrogen and oxygen atoms in total. The molecular formula is C38H59N5O13. The Hall–Kier alpha value is -4.10. The molecule has 3 aliphatic heterocycles. The van der Waals surface area contributed by atoms with Crippen molar-refractivity contribution in [3.8, 4) is 0 Å². The number of nitrogens with one attached hydrogen (secondary N) is 3. The number of carbonyl (C=O) groups is 4. The van der Waals surface area contributed by atoms with Gasteiger partial charge in [-0.15, -0.1) is 0 Å². The second-order valence-corrected chi connectivity index (χ2v) is 14.6. The molecule has 314 valence electrons. The molecule has 4 heterocycles. The van der Waals surface area contributed by atoms with Gasteiger partial charge in [-0.25, -0.2) is 4.79 Å². The second-order valence-electron chi connectivity index (χ2n) is 14.6. The van der Waals surface area contributed by atoms with Gasteiger partial charge < -0.3 is 50.3 Å². The van der Waals surface area contributed by atoms with Gasteiger partial charge in [-0.2, -0.15) is 0 Å². The molecule has 1 aromatic heterocycles. The zero-order valence-electron chi connectivity index (χ0n) is 32.4. The number of aromatic amines is 1. The summed E-state index contributed by atoms with van der Waals surface area (Å²) in [7, 11) is 1.24. The van der Waals surface area contributed by atoms with Crippen LogP contribution in [0, 0.1) is 0 Å². The van der Waals surface area contributed by atoms with E-state index in [2.05, 4.69) is 22.5 Å². The lowest BCUT2D eigenvalue weighted by atomic mass is 10.0. The maximum Gasteiger partial charge on any atom is 0.330 e. The molecule has 7 N–H and O–H groups in total. The number of rotatable bonds is 22. The molecule has 0 bridgehead atoms. The molecule has 2 saturated heterocycles. The van der Waals surface area contributed by atoms with Gasteiger partial charge in [-0.3, -0.25) is 33.5 Å². The Labute approximate surface area is 325 Å². The fraction of sp³-hybridized carbons (Fsp3) is 0.737. The van der Waals surface area contributed by atoms with E-state index in [1.807, 2.05) is 0 Å². The third kappa shape index (κ3) is 12.7. The van der Waals surface area contributed by atoms with Crippen molar-refractivity contribution in [1.29, 1.82) is 0 Å². The van der Waals surface area contributed by atoms with E-state index in [0.717, 1.165) is 55.0 Å². The third-order valence-electron chi connectivity index (χ3n) is 10.2. The lowest BCUT2D eigenvalue weighted by Gasteiger charge is -2.35. The van der Waals surface area contributed by atoms with E-state index in [0.29, 0.717) is 25.8 Å². The first kappa shape index (κ1) is 44.6. The smallest absolute Gasteiger partial charge is 0.330 e. The highest BCUT2D eigenvalue weighted by Gasteiger charge is 2.54. The standard InChI is InChI=1S/C38H59N5O13/c1-3-4-5-6-7-8-9-10-11-12-13-14-18-27(46)54-32-29(52-2)30(55-36(32)43-21-19-26(45)42-38(43)51)31(33(39)48)56-37-28(47)24(44)22-25(53-37)35(50)41-23-17-15-16-20-40-34(23)49/h19,21-24,28-32,36-37,44,47H,3-18,20H2,1-2H3,(H2,39,48)(H,40,49)(H,41,50)(H,42,45,51)/t23-,24-,28-,29+,30-,31+,32+,36+,37+/m0/s1. The van der Waals surface area contributed by atoms with E-state index in [1.54, 1.807) is 0 Å². The molecule has 0 unspecified atom stereocenters. The molecule has 2 fully saturated rings. The fourth-order valence-corrected chi connectivity index (χ4v) is 7.12. The van der Waals surface area contributed by atoms with Gasteiger partial charge in [0.15, 0.2) is 24.2 Å². The summed E-state index contributed by atoms with van der Waals surface area (Å²) in [5.41, 5.74) is 4.15. The molecule has 3 amide bonds. The predicted octanol–water partition coefficient (Wildman–Crippen LogP) is 1.07. The van der Waals surface area contributed by atoms with E-state index in [9.17, 15) is 39.0 Å². The van der Waals surface area contributed by atoms with Crippen LogP contribution in [0.1, 0.15) is 116 Å². The Bertz CT molecular complexity index is 1600. The first-order valence-electron chi connectivity index (χ1n) is 19.9. The van der Waals surface area contributed by atoms with Crippen molar-refractivity contribution in [1.82, 2.24) is 20.2 Å². The highest BCUT2D eigenvalue weighted by Crippen LogP contribution is 2.36. The zero-order valence-corrected chi connectivity index (χ0v) is 32.4. The van der Waals surface area contributed by atoms with Crippen LogP contribution in [0.25, 0.3) is 0 Å². The van der Waals surface area contributed by atoms with Crippen molar-refractivity contribution < 1.29 is 53.1 Å². The van der Waals surface area contributed by atoms with Gasteiger partial charge in [-0.05, 0) is 31.8 Å². The average molecular weight is 794 g/mol. The van der Waals surface area contributed by atoms with Crippen molar-refractivity contribution in [3.63, 3.8) is 0 Å². The number of H-pyrrole nitrogens is 1. The number of carbonyl (C=O) groups excluding carboxylic acids is 4. The van der Waals surface area contributed by atoms with Crippen molar-refractivity contribution in [3.05, 3.63) is 44.9 Å². The number of unbranched alkanes of at least 4 members (excludes halogenated alkanes) is 11. The number of hydrogen-bond donors (Lipinski definition) is 6. The molecule has 0 saturated carbocycles. The van der Waals surface area contributed by atoms with E-state index in [-0.39, 0.29) is 12.3 Å². The van der Waals surface area contributed by atoms with Gasteiger partial charge in [0.1, 0.15) is 30.5 Å². The van der Waals surface area contributed by atoms with Crippen molar-refractivity contribution in [2.75, 3.05) is 13.7 Å². The van der Waals surface area contributed by atoms with Crippen LogP contribution in [0.15, 0.2) is 33.7 Å². The van der Waals surface area contributed by atoms with Crippen LogP contribution < -0.4 is 27.6 Å². The zero-order chi connectivity index (χ0) is 40.6. The SMILES string of the molecule is CCCCCCCCCCCCCCC(=O)O[C@@H]1[C@H](OC)[C@@H]([C@@H](O[C@H]2OC(C(=O)N[C@H]3CCCCNC3=O)=C[C@H](O)[C@@H]2O)C(N)=O)O[C@H]1n1ccc(=O)[nH]c1=O. The number of aliphatic hydroxyl groups excluding tert-OH is 2. The van der Waals surface area contributed by atoms with Gasteiger partial charge in [0.25, 0.3) is 11.5 Å². The summed E-state index contributed by atoms with van der Waals surface area (Å²) in [4.78, 5) is 78.6. The number of ether oxygens (including phenoxy) is 5. The van der Waals surface area contributed by atoms with Crippen LogP contribution in [0.3, 0.4) is 0 Å². The quantitative estimate of drug-likeness (QED) is 0.0710. The molecule has 0 aromatic carbocycles. The number of esters is 1. The summed E-state index contributed by atoms with van der Waals surface area (Å²) in [6, 6.07) is 0.177. The fourth-order valence-electron chi connectivity index (χ4n) is 7.12. The maximum absolute atomic E-state index is 13.2. The van der Waals surface area contributed by atoms with Gasteiger partial charge in [0.2, 0.25) is 18.1 Å². The molecule has 0 radical (unpaired) electrons. The molecule has 18 heteroatoms. The van der Waals surface area contributed by atoms with Crippen LogP contribution in [0.2, 0.25) is 0 Å². The summed E-state index contributed by atoms with van der Waals surface area (Å²) >= 11 is 0. The molecule has 0 aliphatic carbocycles. The minimum absolute atomic E-state index is 0.0533. The van der Waals surface area contributed by atoms with E-state index in [4.69, 9.17) is 29.4 Å². The van der Waals surface area contributed by atoms with Crippen molar-refractivity contribution >= 4 is 23.7 Å². The lowest BCUT2D eigenvalue weighted by molar-refractivity contribution is -0.241. The molecule has 56 heavy (non-hydrogen) atoms. The van der Waals surface area contributed by atoms with Gasteiger partial charge in [0.05, 0.1) is 0 Å². The third-order valence-corrected chi connectivity index (χ3v) is 10.2. The number of nitrogens with two attached hydrogens (primary N) is 1. The molecule has 9 atom stereocenters. The number of aromatic nitrogens is 2. The monoisotopic (exact) mass is 793 g/mol. The average Bonchev–Trinajstić information content (AvgIpc) is 3.37. The Morgan fingerprint density at radius 3 is 2.27 bits per heavy atom. The lowest BCUT2D eigenvalue weighted by Crippen LogP contribution is -2.54. The maximum atomic E-state index is 13.2. The largest absolute Gasteiger partial charge is 0.456 e.